The number of benzene rings is 2. The second-order valence-corrected chi connectivity index (χ2v) is 18.9. The standard InChI is InChI=1S/C25H27N7O3S.C20H18F3N7OS/c1-14(2)32-23(26-13-28-32)24-29-22-19-5-4-16(8-20(19)35-7-6-21(22)36-24)17-9-27-31(10-17)18-11-30(12-18)25(34)15(3)33;21-20(22,23)10-30-18(25-11-27-30)19-28-17-14-2-1-12(13-8-26-29(9-13)5-4-24)7-15(14)31-6-3-16(17)32-19/h4-5,8-10,13-15,18,33H,6-7,11-12H2,1-3H3;1-2,7-9,11H,3-6,10,24H2. The fraction of sp³-hybridized carbons (Fsp3) is 0.356. The number of thiazole rings is 2. The number of aliphatic hydroxyl groups is 1. The summed E-state index contributed by atoms with van der Waals surface area (Å²) in [6.45, 7) is 7.70. The molecule has 1 atom stereocenters. The van der Waals surface area contributed by atoms with Crippen molar-refractivity contribution in [1.82, 2.24) is 64.0 Å². The van der Waals surface area contributed by atoms with E-state index in [1.54, 1.807) is 33.4 Å². The van der Waals surface area contributed by atoms with Crippen LogP contribution in [0.4, 0.5) is 13.2 Å². The summed E-state index contributed by atoms with van der Waals surface area (Å²) in [5.74, 6) is 2.13. The van der Waals surface area contributed by atoms with Gasteiger partial charge in [-0.25, -0.2) is 29.3 Å². The Bertz CT molecular complexity index is 3110. The van der Waals surface area contributed by atoms with Gasteiger partial charge in [0.25, 0.3) is 5.91 Å². The summed E-state index contributed by atoms with van der Waals surface area (Å²) in [6.07, 6.45) is 6.24. The Hall–Kier alpha value is -6.82. The Kier molecular flexibility index (Phi) is 12.1. The van der Waals surface area contributed by atoms with Crippen LogP contribution in [0.15, 0.2) is 73.8 Å². The second kappa shape index (κ2) is 18.3. The lowest BCUT2D eigenvalue weighted by Gasteiger charge is -2.39. The molecule has 11 rings (SSSR count). The molecule has 3 aliphatic rings. The number of amides is 1. The van der Waals surface area contributed by atoms with E-state index in [1.807, 2.05) is 52.2 Å². The molecule has 2 aromatic carbocycles. The van der Waals surface area contributed by atoms with Crippen LogP contribution in [-0.4, -0.2) is 120 Å². The number of nitrogens with zero attached hydrogens (tertiary/aromatic N) is 13. The van der Waals surface area contributed by atoms with E-state index in [9.17, 15) is 23.1 Å². The summed E-state index contributed by atoms with van der Waals surface area (Å²) in [5, 5.41) is 27.7. The maximum atomic E-state index is 12.9. The molecule has 1 saturated heterocycles. The number of fused-ring (bicyclic) bond motifs is 6. The number of likely N-dealkylation sites (tertiary alicyclic amines) is 1. The van der Waals surface area contributed by atoms with Gasteiger partial charge in [-0.15, -0.1) is 22.7 Å². The van der Waals surface area contributed by atoms with Crippen LogP contribution in [0.3, 0.4) is 0 Å². The van der Waals surface area contributed by atoms with Gasteiger partial charge in [0.05, 0.1) is 49.6 Å². The Morgan fingerprint density at radius 1 is 0.809 bits per heavy atom. The van der Waals surface area contributed by atoms with E-state index < -0.39 is 18.8 Å². The van der Waals surface area contributed by atoms with Gasteiger partial charge in [0.15, 0.2) is 21.7 Å². The molecule has 23 heteroatoms. The molecule has 0 spiro atoms. The molecule has 68 heavy (non-hydrogen) atoms. The van der Waals surface area contributed by atoms with E-state index in [2.05, 4.69) is 61.3 Å². The first-order chi connectivity index (χ1) is 32.8. The van der Waals surface area contributed by atoms with Gasteiger partial charge in [0, 0.05) is 82.9 Å². The molecular weight excluding hydrogens is 922 g/mol. The minimum atomic E-state index is -4.40. The highest BCUT2D eigenvalue weighted by Crippen LogP contribution is 2.43. The van der Waals surface area contributed by atoms with Gasteiger partial charge in [-0.2, -0.15) is 33.6 Å². The third kappa shape index (κ3) is 9.00. The van der Waals surface area contributed by atoms with E-state index in [0.29, 0.717) is 62.3 Å². The number of aromatic nitrogens is 12. The SMILES string of the molecule is CC(O)C(=O)N1CC(n2cc(-c3ccc4c(c3)OCCc3sc(-c5ncnn5C(C)C)nc3-4)cn2)C1.NCCn1cc(-c2ccc3c(c2)OCCc2sc(-c4ncnn4CC(F)(F)F)nc2-3)cn1. The predicted molar refractivity (Wildman–Crippen MR) is 247 cm³/mol. The van der Waals surface area contributed by atoms with Crippen LogP contribution in [0.2, 0.25) is 0 Å². The Labute approximate surface area is 394 Å². The lowest BCUT2D eigenvalue weighted by molar-refractivity contribution is -0.145. The predicted octanol–water partition coefficient (Wildman–Crippen LogP) is 6.60. The molecule has 8 aromatic rings. The fourth-order valence-electron chi connectivity index (χ4n) is 8.21. The summed E-state index contributed by atoms with van der Waals surface area (Å²) < 4.78 is 57.1. The van der Waals surface area contributed by atoms with Crippen molar-refractivity contribution in [2.75, 3.05) is 32.8 Å². The zero-order chi connectivity index (χ0) is 47.3. The van der Waals surface area contributed by atoms with Crippen LogP contribution >= 0.6 is 22.7 Å². The first-order valence-corrected chi connectivity index (χ1v) is 23.6. The molecule has 0 saturated carbocycles. The van der Waals surface area contributed by atoms with Gasteiger partial charge in [-0.1, -0.05) is 12.1 Å². The molecule has 352 valence electrons. The van der Waals surface area contributed by atoms with Gasteiger partial charge in [-0.3, -0.25) is 14.2 Å². The zero-order valence-corrected chi connectivity index (χ0v) is 38.7. The quantitative estimate of drug-likeness (QED) is 0.148. The third-order valence-corrected chi connectivity index (χ3v) is 13.8. The van der Waals surface area contributed by atoms with Gasteiger partial charge in [0.2, 0.25) is 0 Å². The minimum Gasteiger partial charge on any atom is -0.492 e. The maximum absolute atomic E-state index is 12.9. The van der Waals surface area contributed by atoms with E-state index >= 15 is 0 Å². The molecule has 1 unspecified atom stereocenters. The molecule has 3 N–H and O–H groups in total. The van der Waals surface area contributed by atoms with Crippen LogP contribution in [0.1, 0.15) is 42.6 Å². The molecule has 18 nitrogen and oxygen atoms in total. The van der Waals surface area contributed by atoms with Crippen molar-refractivity contribution in [2.24, 2.45) is 5.73 Å². The van der Waals surface area contributed by atoms with Crippen molar-refractivity contribution < 1.29 is 32.5 Å². The number of carbonyl (C=O) groups is 1. The van der Waals surface area contributed by atoms with Crippen molar-refractivity contribution in [2.45, 2.75) is 71.1 Å². The summed E-state index contributed by atoms with van der Waals surface area (Å²) in [4.78, 5) is 33.8. The highest BCUT2D eigenvalue weighted by Gasteiger charge is 2.35. The largest absolute Gasteiger partial charge is 0.492 e. The number of carbonyl (C=O) groups excluding carboxylic acids is 1. The van der Waals surface area contributed by atoms with Crippen molar-refractivity contribution in [3.63, 3.8) is 0 Å². The first kappa shape index (κ1) is 45.0. The van der Waals surface area contributed by atoms with Crippen molar-refractivity contribution >= 4 is 28.6 Å². The fourth-order valence-corrected chi connectivity index (χ4v) is 10.3. The van der Waals surface area contributed by atoms with Crippen LogP contribution in [0.5, 0.6) is 11.5 Å². The normalized spacial score (nSPS) is 14.9. The first-order valence-electron chi connectivity index (χ1n) is 21.9. The monoisotopic (exact) mass is 966 g/mol. The topological polar surface area (TPSA) is 208 Å². The van der Waals surface area contributed by atoms with Crippen molar-refractivity contribution in [3.8, 4) is 77.9 Å². The zero-order valence-electron chi connectivity index (χ0n) is 37.0. The summed E-state index contributed by atoms with van der Waals surface area (Å²) >= 11 is 2.96. The Morgan fingerprint density at radius 3 is 2.00 bits per heavy atom. The number of rotatable bonds is 10. The van der Waals surface area contributed by atoms with Crippen LogP contribution in [-0.2, 0) is 30.7 Å². The minimum absolute atomic E-state index is 0.104. The summed E-state index contributed by atoms with van der Waals surface area (Å²) in [6, 6.07) is 12.3. The van der Waals surface area contributed by atoms with Gasteiger partial charge in [-0.05, 0) is 56.2 Å². The molecular formula is C45H45F3N14O4S2. The molecule has 1 fully saturated rings. The molecule has 0 radical (unpaired) electrons. The summed E-state index contributed by atoms with van der Waals surface area (Å²) in [7, 11) is 0. The highest BCUT2D eigenvalue weighted by molar-refractivity contribution is 7.15. The number of hydrogen-bond acceptors (Lipinski definition) is 15. The molecule has 1 amide bonds. The van der Waals surface area contributed by atoms with Crippen molar-refractivity contribution in [3.05, 3.63) is 83.6 Å². The van der Waals surface area contributed by atoms with Crippen LogP contribution in [0, 0.1) is 0 Å². The molecule has 0 aliphatic carbocycles. The van der Waals surface area contributed by atoms with Crippen LogP contribution in [0.25, 0.3) is 66.4 Å². The van der Waals surface area contributed by atoms with E-state index in [0.717, 1.165) is 78.0 Å². The Morgan fingerprint density at radius 2 is 1.40 bits per heavy atom. The third-order valence-electron chi connectivity index (χ3n) is 11.6. The number of nitrogens with two attached hydrogens (primary N) is 1. The maximum Gasteiger partial charge on any atom is 0.408 e. The average Bonchev–Trinajstić information content (AvgIpc) is 4.16. The average molecular weight is 967 g/mol. The van der Waals surface area contributed by atoms with Crippen LogP contribution < -0.4 is 15.2 Å². The number of halogens is 3. The number of hydrogen-bond donors (Lipinski definition) is 2. The number of alkyl halides is 3. The van der Waals surface area contributed by atoms with Gasteiger partial charge in [0.1, 0.15) is 36.8 Å². The van der Waals surface area contributed by atoms with Crippen molar-refractivity contribution in [1.29, 1.82) is 0 Å². The van der Waals surface area contributed by atoms with Gasteiger partial charge < -0.3 is 25.2 Å². The van der Waals surface area contributed by atoms with E-state index in [4.69, 9.17) is 20.2 Å². The highest BCUT2D eigenvalue weighted by atomic mass is 32.1. The smallest absolute Gasteiger partial charge is 0.408 e. The number of aliphatic hydroxyl groups excluding tert-OH is 1. The lowest BCUT2D eigenvalue weighted by Crippen LogP contribution is -2.53. The molecule has 3 aliphatic heterocycles. The molecule has 6 aromatic heterocycles. The summed E-state index contributed by atoms with van der Waals surface area (Å²) in [5.41, 5.74) is 12.9. The molecule has 9 heterocycles. The van der Waals surface area contributed by atoms with E-state index in [-0.39, 0.29) is 23.8 Å². The Balaban J connectivity index is 0.000000160. The van der Waals surface area contributed by atoms with Gasteiger partial charge >= 0.3 is 6.18 Å². The number of ether oxygens (including phenoxy) is 2. The molecule has 0 bridgehead atoms. The van der Waals surface area contributed by atoms with E-state index in [1.165, 1.54) is 23.1 Å². The second-order valence-electron chi connectivity index (χ2n) is 16.7. The lowest BCUT2D eigenvalue weighted by atomic mass is 10.0.